The molecule has 1 aromatic carbocycles. The molecule has 0 aliphatic heterocycles. The number of furan rings is 1. The molecule has 7 heteroatoms. The lowest BCUT2D eigenvalue weighted by molar-refractivity contribution is -0.384. The third kappa shape index (κ3) is 4.07. The zero-order valence-corrected chi connectivity index (χ0v) is 14.1. The number of ether oxygens (including phenoxy) is 1. The van der Waals surface area contributed by atoms with Gasteiger partial charge in [0.2, 0.25) is 0 Å². The molecule has 0 unspecified atom stereocenters. The van der Waals surface area contributed by atoms with Gasteiger partial charge < -0.3 is 9.15 Å². The molecule has 1 aromatic heterocycles. The lowest BCUT2D eigenvalue weighted by Crippen LogP contribution is -1.98. The van der Waals surface area contributed by atoms with Crippen molar-refractivity contribution in [2.24, 2.45) is 0 Å². The fourth-order valence-electron chi connectivity index (χ4n) is 1.96. The number of non-ortho nitro benzene ring substituents is 1. The van der Waals surface area contributed by atoms with Crippen molar-refractivity contribution in [3.05, 3.63) is 56.3 Å². The summed E-state index contributed by atoms with van der Waals surface area (Å²) in [7, 11) is 0. The molecule has 0 N–H and O–H groups in total. The van der Waals surface area contributed by atoms with Crippen LogP contribution in [0.2, 0.25) is 0 Å². The van der Waals surface area contributed by atoms with E-state index in [0.717, 1.165) is 5.56 Å². The molecule has 0 bridgehead atoms. The predicted molar refractivity (Wildman–Crippen MR) is 88.9 cm³/mol. The number of aryl methyl sites for hydroxylation is 1. The highest BCUT2D eigenvalue weighted by molar-refractivity contribution is 9.10. The van der Waals surface area contributed by atoms with Crippen molar-refractivity contribution in [2.45, 2.75) is 13.8 Å². The molecule has 2 rings (SSSR count). The summed E-state index contributed by atoms with van der Waals surface area (Å²) < 4.78 is 11.1. The SMILES string of the molecule is CCOC(=O)/C=C/c1cc(Br)c(-c2cc([N+](=O)[O-])ccc2C)o1. The number of benzene rings is 1. The predicted octanol–water partition coefficient (Wildman–Crippen LogP) is 4.50. The Morgan fingerprint density at radius 3 is 2.83 bits per heavy atom. The van der Waals surface area contributed by atoms with Gasteiger partial charge in [-0.25, -0.2) is 4.79 Å². The smallest absolute Gasteiger partial charge is 0.330 e. The number of halogens is 1. The summed E-state index contributed by atoms with van der Waals surface area (Å²) in [6.07, 6.45) is 2.75. The van der Waals surface area contributed by atoms with Crippen LogP contribution in [-0.4, -0.2) is 17.5 Å². The Kier molecular flexibility index (Phi) is 5.33. The number of carbonyl (C=O) groups excluding carboxylic acids is 1. The maximum Gasteiger partial charge on any atom is 0.330 e. The average Bonchev–Trinajstić information content (AvgIpc) is 2.86. The van der Waals surface area contributed by atoms with Crippen LogP contribution in [0.4, 0.5) is 5.69 Å². The van der Waals surface area contributed by atoms with Gasteiger partial charge in [0, 0.05) is 23.8 Å². The Morgan fingerprint density at radius 2 is 2.17 bits per heavy atom. The van der Waals surface area contributed by atoms with Gasteiger partial charge in [0.15, 0.2) is 0 Å². The summed E-state index contributed by atoms with van der Waals surface area (Å²) in [6, 6.07) is 6.24. The minimum Gasteiger partial charge on any atom is -0.463 e. The van der Waals surface area contributed by atoms with E-state index in [1.165, 1.54) is 24.3 Å². The molecule has 1 heterocycles. The summed E-state index contributed by atoms with van der Waals surface area (Å²) in [6.45, 7) is 3.85. The number of nitro groups is 1. The normalized spacial score (nSPS) is 10.9. The van der Waals surface area contributed by atoms with Crippen molar-refractivity contribution in [2.75, 3.05) is 6.61 Å². The Morgan fingerprint density at radius 1 is 1.43 bits per heavy atom. The van der Waals surface area contributed by atoms with E-state index in [1.807, 2.05) is 6.92 Å². The largest absolute Gasteiger partial charge is 0.463 e. The molecule has 0 aliphatic carbocycles. The number of hydrogen-bond acceptors (Lipinski definition) is 5. The van der Waals surface area contributed by atoms with E-state index < -0.39 is 10.9 Å². The van der Waals surface area contributed by atoms with Gasteiger partial charge >= 0.3 is 5.97 Å². The molecule has 0 saturated carbocycles. The first-order chi connectivity index (χ1) is 10.9. The summed E-state index contributed by atoms with van der Waals surface area (Å²) in [5, 5.41) is 10.9. The first kappa shape index (κ1) is 17.0. The molecule has 0 atom stereocenters. The summed E-state index contributed by atoms with van der Waals surface area (Å²) in [4.78, 5) is 21.8. The van der Waals surface area contributed by atoms with Crippen LogP contribution in [0.1, 0.15) is 18.2 Å². The Balaban J connectivity index is 2.37. The molecule has 2 aromatic rings. The van der Waals surface area contributed by atoms with Gasteiger partial charge in [-0.1, -0.05) is 6.07 Å². The van der Waals surface area contributed by atoms with Crippen molar-refractivity contribution in [1.82, 2.24) is 0 Å². The van der Waals surface area contributed by atoms with Crippen molar-refractivity contribution in [1.29, 1.82) is 0 Å². The second-order valence-electron chi connectivity index (χ2n) is 4.67. The van der Waals surface area contributed by atoms with E-state index in [0.29, 0.717) is 28.2 Å². The van der Waals surface area contributed by atoms with Crippen LogP contribution in [-0.2, 0) is 9.53 Å². The number of esters is 1. The quantitative estimate of drug-likeness (QED) is 0.330. The molecular formula is C16H14BrNO5. The number of carbonyl (C=O) groups is 1. The third-order valence-corrected chi connectivity index (χ3v) is 3.64. The van der Waals surface area contributed by atoms with E-state index in [4.69, 9.17) is 9.15 Å². The highest BCUT2D eigenvalue weighted by Crippen LogP contribution is 2.35. The highest BCUT2D eigenvalue weighted by atomic mass is 79.9. The average molecular weight is 380 g/mol. The topological polar surface area (TPSA) is 82.6 Å². The summed E-state index contributed by atoms with van der Waals surface area (Å²) in [5.74, 6) is 0.439. The van der Waals surface area contributed by atoms with Gasteiger partial charge in [0.25, 0.3) is 5.69 Å². The van der Waals surface area contributed by atoms with Gasteiger partial charge in [-0.15, -0.1) is 0 Å². The molecule has 0 saturated heterocycles. The van der Waals surface area contributed by atoms with E-state index >= 15 is 0 Å². The van der Waals surface area contributed by atoms with Gasteiger partial charge in [-0.3, -0.25) is 10.1 Å². The second-order valence-corrected chi connectivity index (χ2v) is 5.52. The Labute approximate surface area is 141 Å². The fourth-order valence-corrected chi connectivity index (χ4v) is 2.48. The van der Waals surface area contributed by atoms with Crippen LogP contribution in [0.5, 0.6) is 0 Å². The first-order valence-corrected chi connectivity index (χ1v) is 7.61. The summed E-state index contributed by atoms with van der Waals surface area (Å²) in [5.41, 5.74) is 1.44. The lowest BCUT2D eigenvalue weighted by Gasteiger charge is -2.03. The second kappa shape index (κ2) is 7.23. The lowest BCUT2D eigenvalue weighted by atomic mass is 10.1. The summed E-state index contributed by atoms with van der Waals surface area (Å²) >= 11 is 3.37. The molecule has 0 spiro atoms. The minimum atomic E-state index is -0.465. The van der Waals surface area contributed by atoms with Crippen LogP contribution in [0.3, 0.4) is 0 Å². The zero-order valence-electron chi connectivity index (χ0n) is 12.5. The van der Waals surface area contributed by atoms with Crippen molar-refractivity contribution >= 4 is 33.7 Å². The molecular weight excluding hydrogens is 366 g/mol. The van der Waals surface area contributed by atoms with Crippen LogP contribution in [0.25, 0.3) is 17.4 Å². The van der Waals surface area contributed by atoms with Crippen LogP contribution < -0.4 is 0 Å². The van der Waals surface area contributed by atoms with Crippen molar-refractivity contribution in [3.8, 4) is 11.3 Å². The number of rotatable bonds is 5. The Hall–Kier alpha value is -2.41. The molecule has 0 fully saturated rings. The zero-order chi connectivity index (χ0) is 17.0. The van der Waals surface area contributed by atoms with Crippen molar-refractivity contribution in [3.63, 3.8) is 0 Å². The molecule has 0 amide bonds. The van der Waals surface area contributed by atoms with E-state index in [9.17, 15) is 14.9 Å². The minimum absolute atomic E-state index is 0.0162. The van der Waals surface area contributed by atoms with E-state index in [1.54, 1.807) is 19.1 Å². The van der Waals surface area contributed by atoms with E-state index in [2.05, 4.69) is 15.9 Å². The molecule has 0 aliphatic rings. The monoisotopic (exact) mass is 379 g/mol. The van der Waals surface area contributed by atoms with Crippen LogP contribution in [0.15, 0.2) is 39.2 Å². The maximum absolute atomic E-state index is 11.3. The van der Waals surface area contributed by atoms with E-state index in [-0.39, 0.29) is 5.69 Å². The van der Waals surface area contributed by atoms with Gasteiger partial charge in [-0.05, 0) is 47.5 Å². The fraction of sp³-hybridized carbons (Fsp3) is 0.188. The van der Waals surface area contributed by atoms with Crippen LogP contribution >= 0.6 is 15.9 Å². The van der Waals surface area contributed by atoms with Crippen LogP contribution in [0, 0.1) is 17.0 Å². The molecule has 120 valence electrons. The molecule has 23 heavy (non-hydrogen) atoms. The number of nitro benzene ring substituents is 1. The standard InChI is InChI=1S/C16H14BrNO5/c1-3-22-15(19)7-6-12-9-14(17)16(23-12)13-8-11(18(20)21)5-4-10(13)2/h4-9H,3H2,1-2H3/b7-6+. The van der Waals surface area contributed by atoms with Gasteiger partial charge in [-0.2, -0.15) is 0 Å². The third-order valence-electron chi connectivity index (χ3n) is 3.05. The molecule has 0 radical (unpaired) electrons. The number of nitrogens with zero attached hydrogens (tertiary/aromatic N) is 1. The Bertz CT molecular complexity index is 779. The van der Waals surface area contributed by atoms with Crippen molar-refractivity contribution < 1.29 is 18.9 Å². The maximum atomic E-state index is 11.3. The van der Waals surface area contributed by atoms with Gasteiger partial charge in [0.1, 0.15) is 11.5 Å². The molecule has 6 nitrogen and oxygen atoms in total. The van der Waals surface area contributed by atoms with Gasteiger partial charge in [0.05, 0.1) is 16.0 Å². The highest BCUT2D eigenvalue weighted by Gasteiger charge is 2.16. The number of hydrogen-bond donors (Lipinski definition) is 0. The first-order valence-electron chi connectivity index (χ1n) is 6.82.